The summed E-state index contributed by atoms with van der Waals surface area (Å²) in [5.41, 5.74) is 5.81. The minimum Gasteiger partial charge on any atom is -0.285 e. The highest BCUT2D eigenvalue weighted by Crippen LogP contribution is 2.23. The number of benzene rings is 3. The molecule has 7 heteroatoms. The molecule has 0 aliphatic heterocycles. The third-order valence-electron chi connectivity index (χ3n) is 5.99. The second-order valence-electron chi connectivity index (χ2n) is 8.16. The van der Waals surface area contributed by atoms with Gasteiger partial charge in [-0.3, -0.25) is 14.0 Å². The molecule has 0 saturated carbocycles. The summed E-state index contributed by atoms with van der Waals surface area (Å²) in [5.74, 6) is 0. The average molecular weight is 480 g/mol. The summed E-state index contributed by atoms with van der Waals surface area (Å²) in [6.45, 7) is 3.76. The molecule has 3 aromatic carbocycles. The standard InChI is InChI=1S/C28H25N5OS/c1-20(26-21(2)31(3)33(27(26)34)24-17-11-6-12-18-24)29-30-28-32(23-15-9-5-10-16-23)25(19-35-28)22-13-7-4-8-14-22/h4-19H,1-3H3/b29-20+,30-28+. The van der Waals surface area contributed by atoms with Crippen molar-refractivity contribution < 1.29 is 0 Å². The zero-order chi connectivity index (χ0) is 24.4. The Morgan fingerprint density at radius 3 is 2.03 bits per heavy atom. The number of nitrogens with zero attached hydrogens (tertiary/aromatic N) is 5. The highest BCUT2D eigenvalue weighted by atomic mass is 32.1. The van der Waals surface area contributed by atoms with Crippen molar-refractivity contribution in [3.8, 4) is 22.6 Å². The zero-order valence-corrected chi connectivity index (χ0v) is 20.6. The van der Waals surface area contributed by atoms with Crippen LogP contribution in [0.1, 0.15) is 18.2 Å². The summed E-state index contributed by atoms with van der Waals surface area (Å²) < 4.78 is 5.61. The average Bonchev–Trinajstić information content (AvgIpc) is 3.42. The van der Waals surface area contributed by atoms with Crippen molar-refractivity contribution >= 4 is 17.0 Å². The third-order valence-corrected chi connectivity index (χ3v) is 6.81. The fourth-order valence-electron chi connectivity index (χ4n) is 4.17. The van der Waals surface area contributed by atoms with Gasteiger partial charge in [-0.15, -0.1) is 16.4 Å². The van der Waals surface area contributed by atoms with E-state index in [-0.39, 0.29) is 5.56 Å². The molecule has 5 rings (SSSR count). The minimum absolute atomic E-state index is 0.111. The highest BCUT2D eigenvalue weighted by Gasteiger charge is 2.18. The van der Waals surface area contributed by atoms with E-state index in [4.69, 9.17) is 0 Å². The van der Waals surface area contributed by atoms with Gasteiger partial charge >= 0.3 is 0 Å². The molecule has 5 aromatic rings. The molecule has 0 saturated heterocycles. The Labute approximate surface area is 207 Å². The quantitative estimate of drug-likeness (QED) is 0.248. The van der Waals surface area contributed by atoms with Gasteiger partial charge in [0, 0.05) is 23.8 Å². The number of para-hydroxylation sites is 2. The van der Waals surface area contributed by atoms with Crippen molar-refractivity contribution in [2.24, 2.45) is 17.3 Å². The molecule has 174 valence electrons. The van der Waals surface area contributed by atoms with Crippen LogP contribution in [-0.4, -0.2) is 19.6 Å². The van der Waals surface area contributed by atoms with E-state index in [1.165, 1.54) is 11.3 Å². The lowest BCUT2D eigenvalue weighted by molar-refractivity contribution is 0.630. The Hall–Kier alpha value is -4.23. The molecular weight excluding hydrogens is 454 g/mol. The lowest BCUT2D eigenvalue weighted by Crippen LogP contribution is -2.22. The largest absolute Gasteiger partial charge is 0.285 e. The number of rotatable bonds is 5. The molecule has 35 heavy (non-hydrogen) atoms. The normalized spacial score (nSPS) is 12.3. The molecule has 6 nitrogen and oxygen atoms in total. The van der Waals surface area contributed by atoms with Crippen LogP contribution in [0.3, 0.4) is 0 Å². The monoisotopic (exact) mass is 479 g/mol. The van der Waals surface area contributed by atoms with Crippen molar-refractivity contribution in [2.45, 2.75) is 13.8 Å². The Morgan fingerprint density at radius 2 is 1.40 bits per heavy atom. The van der Waals surface area contributed by atoms with Gasteiger partial charge in [-0.2, -0.15) is 5.10 Å². The van der Waals surface area contributed by atoms with E-state index >= 15 is 0 Å². The second kappa shape index (κ2) is 9.56. The minimum atomic E-state index is -0.111. The molecule has 0 N–H and O–H groups in total. The zero-order valence-electron chi connectivity index (χ0n) is 19.8. The van der Waals surface area contributed by atoms with Gasteiger partial charge < -0.3 is 0 Å². The maximum atomic E-state index is 13.4. The van der Waals surface area contributed by atoms with Crippen LogP contribution < -0.4 is 10.4 Å². The number of hydrogen-bond donors (Lipinski definition) is 0. The summed E-state index contributed by atoms with van der Waals surface area (Å²) in [7, 11) is 1.88. The van der Waals surface area contributed by atoms with Crippen LogP contribution >= 0.6 is 11.3 Å². The van der Waals surface area contributed by atoms with E-state index in [9.17, 15) is 4.79 Å². The van der Waals surface area contributed by atoms with E-state index in [0.717, 1.165) is 33.1 Å². The van der Waals surface area contributed by atoms with Crippen LogP contribution in [0.25, 0.3) is 22.6 Å². The molecule has 0 unspecified atom stereocenters. The molecule has 2 aromatic heterocycles. The SMILES string of the molecule is C/C(=N\N=c1\scc(-c2ccccc2)n1-c1ccccc1)c1c(C)n(C)n(-c2ccccc2)c1=O. The van der Waals surface area contributed by atoms with E-state index in [1.54, 1.807) is 4.68 Å². The van der Waals surface area contributed by atoms with Crippen molar-refractivity contribution in [1.82, 2.24) is 13.9 Å². The van der Waals surface area contributed by atoms with Crippen LogP contribution in [0.4, 0.5) is 0 Å². The van der Waals surface area contributed by atoms with Gasteiger partial charge in [0.25, 0.3) is 5.56 Å². The predicted octanol–water partition coefficient (Wildman–Crippen LogP) is 5.33. The summed E-state index contributed by atoms with van der Waals surface area (Å²) in [6.07, 6.45) is 0. The fraction of sp³-hybridized carbons (Fsp3) is 0.107. The summed E-state index contributed by atoms with van der Waals surface area (Å²) in [6, 6.07) is 29.9. The molecule has 0 aliphatic rings. The molecule has 2 heterocycles. The van der Waals surface area contributed by atoms with Gasteiger partial charge in [-0.25, -0.2) is 4.68 Å². The Bertz CT molecular complexity index is 1620. The first-order chi connectivity index (χ1) is 17.1. The molecule has 0 spiro atoms. The lowest BCUT2D eigenvalue weighted by atomic mass is 10.1. The van der Waals surface area contributed by atoms with Gasteiger partial charge in [0.15, 0.2) is 0 Å². The maximum absolute atomic E-state index is 13.4. The Morgan fingerprint density at radius 1 is 0.829 bits per heavy atom. The van der Waals surface area contributed by atoms with Crippen molar-refractivity contribution in [3.05, 3.63) is 123 Å². The third kappa shape index (κ3) is 4.22. The number of hydrogen-bond acceptors (Lipinski definition) is 4. The first-order valence-corrected chi connectivity index (χ1v) is 12.2. The van der Waals surface area contributed by atoms with Gasteiger partial charge in [-0.05, 0) is 43.7 Å². The first kappa shape index (κ1) is 22.6. The summed E-state index contributed by atoms with van der Waals surface area (Å²) in [5, 5.41) is 11.2. The summed E-state index contributed by atoms with van der Waals surface area (Å²) in [4.78, 5) is 14.1. The molecule has 0 fully saturated rings. The number of aromatic nitrogens is 3. The highest BCUT2D eigenvalue weighted by molar-refractivity contribution is 7.07. The van der Waals surface area contributed by atoms with Gasteiger partial charge in [0.2, 0.25) is 4.80 Å². The van der Waals surface area contributed by atoms with Crippen LogP contribution in [0.2, 0.25) is 0 Å². The van der Waals surface area contributed by atoms with Crippen LogP contribution in [0.15, 0.2) is 111 Å². The lowest BCUT2D eigenvalue weighted by Gasteiger charge is -2.08. The number of thiazole rings is 1. The molecule has 0 bridgehead atoms. The Balaban J connectivity index is 1.64. The molecular formula is C28H25N5OS. The van der Waals surface area contributed by atoms with Crippen LogP contribution in [0, 0.1) is 6.92 Å². The van der Waals surface area contributed by atoms with Crippen LogP contribution in [-0.2, 0) is 7.05 Å². The molecule has 0 atom stereocenters. The van der Waals surface area contributed by atoms with E-state index < -0.39 is 0 Å². The predicted molar refractivity (Wildman–Crippen MR) is 143 cm³/mol. The van der Waals surface area contributed by atoms with Gasteiger partial charge in [0.05, 0.1) is 22.7 Å². The Kier molecular flexibility index (Phi) is 6.16. The fourth-order valence-corrected chi connectivity index (χ4v) is 5.03. The summed E-state index contributed by atoms with van der Waals surface area (Å²) >= 11 is 1.52. The second-order valence-corrected chi connectivity index (χ2v) is 9.00. The smallest absolute Gasteiger partial charge is 0.280 e. The van der Waals surface area contributed by atoms with Gasteiger partial charge in [0.1, 0.15) is 0 Å². The topological polar surface area (TPSA) is 56.6 Å². The maximum Gasteiger partial charge on any atom is 0.280 e. The van der Waals surface area contributed by atoms with E-state index in [2.05, 4.69) is 44.4 Å². The first-order valence-electron chi connectivity index (χ1n) is 11.3. The molecule has 0 radical (unpaired) electrons. The van der Waals surface area contributed by atoms with Crippen LogP contribution in [0.5, 0.6) is 0 Å². The molecule has 0 aliphatic carbocycles. The van der Waals surface area contributed by atoms with E-state index in [1.807, 2.05) is 92.3 Å². The van der Waals surface area contributed by atoms with Crippen molar-refractivity contribution in [3.63, 3.8) is 0 Å². The van der Waals surface area contributed by atoms with Crippen molar-refractivity contribution in [2.75, 3.05) is 0 Å². The van der Waals surface area contributed by atoms with E-state index in [0.29, 0.717) is 11.3 Å². The van der Waals surface area contributed by atoms with Gasteiger partial charge in [-0.1, -0.05) is 66.7 Å². The van der Waals surface area contributed by atoms with Crippen molar-refractivity contribution in [1.29, 1.82) is 0 Å². The molecule has 0 amide bonds.